The molecule has 1 unspecified atom stereocenters. The van der Waals surface area contributed by atoms with Gasteiger partial charge in [0, 0.05) is 28.7 Å². The molecule has 1 atom stereocenters. The molecular weight excluding hydrogens is 987 g/mol. The van der Waals surface area contributed by atoms with E-state index in [1.165, 1.54) is 74.9 Å². The summed E-state index contributed by atoms with van der Waals surface area (Å²) in [7, 11) is -3.29. The second-order valence-electron chi connectivity index (χ2n) is 30.5. The second-order valence-corrected chi connectivity index (χ2v) is 32.6. The van der Waals surface area contributed by atoms with Gasteiger partial charge in [0.1, 0.15) is 23.0 Å². The van der Waals surface area contributed by atoms with E-state index in [1.807, 2.05) is 6.92 Å². The van der Waals surface area contributed by atoms with Crippen LogP contribution in [0.1, 0.15) is 279 Å². The van der Waals surface area contributed by atoms with Gasteiger partial charge < -0.3 is 18.1 Å². The normalized spacial score (nSPS) is 14.6. The van der Waals surface area contributed by atoms with Crippen LogP contribution in [0.15, 0.2) is 48.5 Å². The van der Waals surface area contributed by atoms with E-state index < -0.39 is 17.2 Å². The minimum Gasteiger partial charge on any atom is -0.417 e. The summed E-state index contributed by atoms with van der Waals surface area (Å²) in [5.74, 6) is 4.14. The Morgan fingerprint density at radius 1 is 0.468 bits per heavy atom. The fourth-order valence-corrected chi connectivity index (χ4v) is 11.8. The van der Waals surface area contributed by atoms with E-state index in [1.54, 1.807) is 0 Å². The monoisotopic (exact) mass is 1100 g/mol. The molecule has 77 heavy (non-hydrogen) atoms. The summed E-state index contributed by atoms with van der Waals surface area (Å²) in [6.07, 6.45) is 5.46. The smallest absolute Gasteiger partial charge is 0.417 e. The van der Waals surface area contributed by atoms with Gasteiger partial charge in [-0.05, 0) is 121 Å². The number of hydrogen-bond donors (Lipinski definition) is 0. The van der Waals surface area contributed by atoms with E-state index in [-0.39, 0.29) is 43.3 Å². The molecule has 0 saturated carbocycles. The molecular formula is C69H110O6P2. The number of benzene rings is 4. The molecule has 1 aliphatic heterocycles. The van der Waals surface area contributed by atoms with Gasteiger partial charge in [-0.2, -0.15) is 0 Å². The third kappa shape index (κ3) is 17.9. The van der Waals surface area contributed by atoms with Crippen molar-refractivity contribution in [1.29, 1.82) is 0 Å². The maximum absolute atomic E-state index is 6.90. The minimum atomic E-state index is -1.65. The summed E-state index contributed by atoms with van der Waals surface area (Å²) < 4.78 is 39.9. The molecule has 8 heteroatoms. The maximum atomic E-state index is 6.90. The first-order valence-electron chi connectivity index (χ1n) is 29.2. The van der Waals surface area contributed by atoms with Crippen LogP contribution in [0.5, 0.6) is 23.0 Å². The van der Waals surface area contributed by atoms with Crippen molar-refractivity contribution in [3.8, 4) is 23.0 Å². The van der Waals surface area contributed by atoms with Crippen molar-refractivity contribution in [2.75, 3.05) is 13.2 Å². The van der Waals surface area contributed by atoms with Crippen molar-refractivity contribution in [2.45, 2.75) is 276 Å². The summed E-state index contributed by atoms with van der Waals surface area (Å²) in [6.45, 7) is 66.3. The zero-order chi connectivity index (χ0) is 58.8. The van der Waals surface area contributed by atoms with Crippen LogP contribution in [0.3, 0.4) is 0 Å². The van der Waals surface area contributed by atoms with E-state index in [0.29, 0.717) is 19.1 Å². The highest BCUT2D eigenvalue weighted by Gasteiger charge is 2.37. The predicted molar refractivity (Wildman–Crippen MR) is 335 cm³/mol. The Hall–Kier alpha value is -3.14. The lowest BCUT2D eigenvalue weighted by atomic mass is 9.76. The van der Waals surface area contributed by atoms with Gasteiger partial charge in [-0.3, -0.25) is 9.05 Å². The fraction of sp³-hybridized carbons (Fsp3) is 0.652. The molecule has 4 aromatic carbocycles. The Bertz CT molecular complexity index is 2440. The van der Waals surface area contributed by atoms with Crippen LogP contribution in [0.2, 0.25) is 0 Å². The molecule has 0 radical (unpaired) electrons. The Morgan fingerprint density at radius 3 is 1.10 bits per heavy atom. The van der Waals surface area contributed by atoms with E-state index in [2.05, 4.69) is 242 Å². The van der Waals surface area contributed by atoms with Crippen molar-refractivity contribution in [1.82, 2.24) is 0 Å². The van der Waals surface area contributed by atoms with Crippen LogP contribution >= 0.6 is 17.2 Å². The summed E-state index contributed by atoms with van der Waals surface area (Å²) in [6, 6.07) is 18.6. The van der Waals surface area contributed by atoms with Crippen LogP contribution in [0.25, 0.3) is 0 Å². The zero-order valence-corrected chi connectivity index (χ0v) is 56.3. The van der Waals surface area contributed by atoms with Gasteiger partial charge >= 0.3 is 17.2 Å². The third-order valence-electron chi connectivity index (χ3n) is 14.8. The molecule has 0 amide bonds. The highest BCUT2D eigenvalue weighted by atomic mass is 31.2. The van der Waals surface area contributed by atoms with Crippen molar-refractivity contribution >= 4 is 17.2 Å². The standard InChI is InChI=1S/C37H59O3P.C32H51O3P/c1-15-17-18-25(16-2)24-38-41-39-32-26(20-28(34(3,4)5)22-30(32)36(9,10)11)19-27-21-29(35(6,7)8)23-31(33(27)40-41)37(12,13)14;1-16-33-36(34-27-21(2)17-23(29(4,5)6)19-25(27)31(10,11)12)35-28-22(3)18-24(30(7,8)9)20-26(28)32(13,14)15/h20-23,25H,15-19,24H2,1-14H3;17-20H,16H2,1-15H3. The van der Waals surface area contributed by atoms with Crippen molar-refractivity contribution in [3.63, 3.8) is 0 Å². The topological polar surface area (TPSA) is 55.4 Å². The molecule has 6 nitrogen and oxygen atoms in total. The SMILES string of the molecule is CCCCC(CC)COP1Oc2c(cc(C(C)(C)C)cc2C(C)(C)C)Cc2cc(C(C)(C)C)cc(C(C)(C)C)c2O1.CCOP(Oc1c(C)cc(C(C)(C)C)cc1C(C)(C)C)Oc1c(C)cc(C(C)(C)C)cc1C(C)(C)C. The predicted octanol–water partition coefficient (Wildman–Crippen LogP) is 21.9. The molecule has 0 N–H and O–H groups in total. The molecule has 1 heterocycles. The Labute approximate surface area is 475 Å². The number of aryl methyl sites for hydroxylation is 2. The summed E-state index contributed by atoms with van der Waals surface area (Å²) in [4.78, 5) is 0. The molecule has 0 fully saturated rings. The van der Waals surface area contributed by atoms with Crippen LogP contribution in [0, 0.1) is 19.8 Å². The van der Waals surface area contributed by atoms with Gasteiger partial charge in [-0.15, -0.1) is 0 Å². The van der Waals surface area contributed by atoms with Crippen LogP contribution < -0.4 is 18.1 Å². The molecule has 0 aromatic heterocycles. The summed E-state index contributed by atoms with van der Waals surface area (Å²) in [5, 5.41) is 0. The quantitative estimate of drug-likeness (QED) is 0.124. The molecule has 0 aliphatic carbocycles. The molecule has 5 rings (SSSR count). The minimum absolute atomic E-state index is 0.0232. The molecule has 4 aromatic rings. The van der Waals surface area contributed by atoms with Gasteiger partial charge in [-0.1, -0.05) is 248 Å². The average Bonchev–Trinajstić information content (AvgIpc) is 3.24. The van der Waals surface area contributed by atoms with E-state index in [9.17, 15) is 0 Å². The number of rotatable bonds is 13. The van der Waals surface area contributed by atoms with E-state index in [4.69, 9.17) is 27.1 Å². The van der Waals surface area contributed by atoms with Gasteiger partial charge in [-0.25, -0.2) is 0 Å². The number of fused-ring (bicyclic) bond motifs is 2. The highest BCUT2D eigenvalue weighted by molar-refractivity contribution is 7.42. The second kappa shape index (κ2) is 24.9. The Balaban J connectivity index is 0.000000336. The first-order chi connectivity index (χ1) is 34.9. The molecule has 0 saturated heterocycles. The van der Waals surface area contributed by atoms with Crippen LogP contribution in [0.4, 0.5) is 0 Å². The van der Waals surface area contributed by atoms with Gasteiger partial charge in [0.05, 0.1) is 13.2 Å². The van der Waals surface area contributed by atoms with Crippen molar-refractivity contribution in [3.05, 3.63) is 115 Å². The van der Waals surface area contributed by atoms with Crippen LogP contribution in [-0.2, 0) is 58.8 Å². The zero-order valence-electron chi connectivity index (χ0n) is 54.5. The van der Waals surface area contributed by atoms with Gasteiger partial charge in [0.2, 0.25) is 0 Å². The molecule has 1 aliphatic rings. The van der Waals surface area contributed by atoms with Crippen molar-refractivity contribution in [2.24, 2.45) is 5.92 Å². The lowest BCUT2D eigenvalue weighted by Crippen LogP contribution is -2.22. The lowest BCUT2D eigenvalue weighted by molar-refractivity contribution is 0.205. The fourth-order valence-electron chi connectivity index (χ4n) is 9.42. The third-order valence-corrected chi connectivity index (χ3v) is 17.0. The molecule has 0 spiro atoms. The first-order valence-corrected chi connectivity index (χ1v) is 31.4. The maximum Gasteiger partial charge on any atom is 0.463 e. The van der Waals surface area contributed by atoms with Gasteiger partial charge in [0.25, 0.3) is 0 Å². The van der Waals surface area contributed by atoms with E-state index >= 15 is 0 Å². The number of hydrogen-bond acceptors (Lipinski definition) is 6. The highest BCUT2D eigenvalue weighted by Crippen LogP contribution is 2.54. The Morgan fingerprint density at radius 2 is 0.805 bits per heavy atom. The van der Waals surface area contributed by atoms with Crippen molar-refractivity contribution < 1.29 is 27.1 Å². The number of unbranched alkanes of at least 4 members (excludes halogenated alkanes) is 1. The Kier molecular flexibility index (Phi) is 21.5. The molecule has 432 valence electrons. The largest absolute Gasteiger partial charge is 0.463 e. The lowest BCUT2D eigenvalue weighted by Gasteiger charge is -2.34. The first kappa shape index (κ1) is 66.4. The van der Waals surface area contributed by atoms with Gasteiger partial charge in [0.15, 0.2) is 0 Å². The summed E-state index contributed by atoms with van der Waals surface area (Å²) >= 11 is 0. The molecule has 0 bridgehead atoms. The van der Waals surface area contributed by atoms with E-state index in [0.717, 1.165) is 47.0 Å². The average molecular weight is 1100 g/mol. The summed E-state index contributed by atoms with van der Waals surface area (Å²) in [5.41, 5.74) is 14.6. The van der Waals surface area contributed by atoms with Crippen LogP contribution in [-0.4, -0.2) is 13.2 Å².